The summed E-state index contributed by atoms with van der Waals surface area (Å²) in [5, 5.41) is 23.2. The van der Waals surface area contributed by atoms with Crippen molar-refractivity contribution < 1.29 is 24.5 Å². The van der Waals surface area contributed by atoms with Crippen molar-refractivity contribution in [1.82, 2.24) is 5.32 Å². The van der Waals surface area contributed by atoms with Gasteiger partial charge in [-0.1, -0.05) is 378 Å². The number of rotatable bonds is 71. The van der Waals surface area contributed by atoms with Gasteiger partial charge in [0.1, 0.15) is 0 Å². The van der Waals surface area contributed by atoms with Crippen LogP contribution in [-0.2, 0) is 14.3 Å². The fourth-order valence-electron chi connectivity index (χ4n) is 12.0. The summed E-state index contributed by atoms with van der Waals surface area (Å²) in [6, 6.07) is -0.626. The minimum atomic E-state index is -0.843. The van der Waals surface area contributed by atoms with Gasteiger partial charge >= 0.3 is 5.97 Å². The first-order valence-electron chi connectivity index (χ1n) is 37.6. The number of ether oxygens (including phenoxy) is 1. The van der Waals surface area contributed by atoms with Gasteiger partial charge in [-0.2, -0.15) is 0 Å². The topological polar surface area (TPSA) is 95.9 Å². The maximum absolute atomic E-state index is 12.5. The van der Waals surface area contributed by atoms with Crippen molar-refractivity contribution in [3.63, 3.8) is 0 Å². The Morgan fingerprint density at radius 1 is 0.329 bits per heavy atom. The molecule has 1 amide bonds. The van der Waals surface area contributed by atoms with Crippen LogP contribution < -0.4 is 5.32 Å². The monoisotopic (exact) mass is 1150 g/mol. The minimum Gasteiger partial charge on any atom is -0.466 e. The second kappa shape index (κ2) is 71.8. The summed E-state index contributed by atoms with van der Waals surface area (Å²) in [5.74, 6) is -0.0429. The van der Waals surface area contributed by atoms with Crippen LogP contribution in [0, 0.1) is 0 Å². The molecule has 0 bridgehead atoms. The molecule has 0 aliphatic heterocycles. The Hall–Kier alpha value is -1.66. The number of amides is 1. The Morgan fingerprint density at radius 3 is 0.866 bits per heavy atom. The van der Waals surface area contributed by atoms with Crippen LogP contribution in [0.1, 0.15) is 425 Å². The molecule has 0 rings (SSSR count). The van der Waals surface area contributed by atoms with Gasteiger partial charge in [0.15, 0.2) is 0 Å². The van der Waals surface area contributed by atoms with Gasteiger partial charge in [-0.3, -0.25) is 9.59 Å². The van der Waals surface area contributed by atoms with Crippen molar-refractivity contribution in [2.75, 3.05) is 13.2 Å². The maximum atomic E-state index is 12.5. The molecule has 0 aromatic carbocycles. The lowest BCUT2D eigenvalue weighted by atomic mass is 10.0. The number of carbonyl (C=O) groups excluding carboxylic acids is 2. The summed E-state index contributed by atoms with van der Waals surface area (Å²) in [6.45, 7) is 4.95. The molecule has 0 aromatic heterocycles. The molecule has 0 heterocycles. The van der Waals surface area contributed by atoms with Gasteiger partial charge < -0.3 is 20.3 Å². The van der Waals surface area contributed by atoms with Gasteiger partial charge in [0.25, 0.3) is 0 Å². The number of aliphatic hydroxyl groups excluding tert-OH is 2. The van der Waals surface area contributed by atoms with E-state index in [0.29, 0.717) is 19.4 Å². The Morgan fingerprint density at radius 2 is 0.573 bits per heavy atom. The van der Waals surface area contributed by atoms with E-state index in [9.17, 15) is 19.8 Å². The third-order valence-corrected chi connectivity index (χ3v) is 17.7. The van der Waals surface area contributed by atoms with E-state index in [-0.39, 0.29) is 18.5 Å². The zero-order valence-electron chi connectivity index (χ0n) is 55.8. The largest absolute Gasteiger partial charge is 0.466 e. The third kappa shape index (κ3) is 67.5. The van der Waals surface area contributed by atoms with E-state index in [4.69, 9.17) is 4.74 Å². The molecule has 6 nitrogen and oxygen atoms in total. The highest BCUT2D eigenvalue weighted by Crippen LogP contribution is 2.19. The lowest BCUT2D eigenvalue weighted by molar-refractivity contribution is -0.143. The molecule has 0 aliphatic rings. The molecular formula is C76H147NO5. The normalized spacial score (nSPS) is 12.6. The van der Waals surface area contributed by atoms with Gasteiger partial charge in [0.2, 0.25) is 5.91 Å². The highest BCUT2D eigenvalue weighted by molar-refractivity contribution is 5.76. The highest BCUT2D eigenvalue weighted by Gasteiger charge is 2.18. The van der Waals surface area contributed by atoms with Gasteiger partial charge in [0.05, 0.1) is 25.4 Å². The zero-order chi connectivity index (χ0) is 59.2. The van der Waals surface area contributed by atoms with Gasteiger partial charge in [-0.15, -0.1) is 0 Å². The van der Waals surface area contributed by atoms with E-state index in [1.54, 1.807) is 6.08 Å². The summed E-state index contributed by atoms with van der Waals surface area (Å²) < 4.78 is 5.51. The van der Waals surface area contributed by atoms with Crippen LogP contribution in [0.2, 0.25) is 0 Å². The summed E-state index contributed by atoms with van der Waals surface area (Å²) in [5.41, 5.74) is 0. The number of carbonyl (C=O) groups is 2. The van der Waals surface area contributed by atoms with Crippen LogP contribution in [0.4, 0.5) is 0 Å². The Kier molecular flexibility index (Phi) is 70.4. The molecule has 0 saturated heterocycles. The number of aliphatic hydroxyl groups is 2. The molecule has 0 aromatic rings. The molecule has 82 heavy (non-hydrogen) atoms. The molecule has 0 saturated carbocycles. The van der Waals surface area contributed by atoms with E-state index in [1.165, 1.54) is 360 Å². The second-order valence-corrected chi connectivity index (χ2v) is 26.0. The van der Waals surface area contributed by atoms with Gasteiger partial charge in [0, 0.05) is 12.8 Å². The first-order chi connectivity index (χ1) is 40.5. The number of allylic oxidation sites excluding steroid dienone is 3. The quantitative estimate of drug-likeness (QED) is 0.0320. The van der Waals surface area contributed by atoms with Crippen molar-refractivity contribution >= 4 is 11.9 Å². The van der Waals surface area contributed by atoms with Crippen LogP contribution in [-0.4, -0.2) is 47.4 Å². The third-order valence-electron chi connectivity index (χ3n) is 17.7. The number of hydrogen-bond acceptors (Lipinski definition) is 5. The average Bonchev–Trinajstić information content (AvgIpc) is 3.48. The summed E-state index contributed by atoms with van der Waals surface area (Å²) in [7, 11) is 0. The molecule has 0 spiro atoms. The lowest BCUT2D eigenvalue weighted by Crippen LogP contribution is -2.45. The van der Waals surface area contributed by atoms with Crippen molar-refractivity contribution in [3.8, 4) is 0 Å². The summed E-state index contributed by atoms with van der Waals surface area (Å²) in [4.78, 5) is 24.6. The summed E-state index contributed by atoms with van der Waals surface area (Å²) >= 11 is 0. The van der Waals surface area contributed by atoms with Crippen LogP contribution in [0.3, 0.4) is 0 Å². The van der Waals surface area contributed by atoms with Crippen LogP contribution >= 0.6 is 0 Å². The Balaban J connectivity index is 3.35. The maximum Gasteiger partial charge on any atom is 0.305 e. The molecule has 0 fully saturated rings. The number of hydrogen-bond donors (Lipinski definition) is 3. The fraction of sp³-hybridized carbons (Fsp3) is 0.921. The minimum absolute atomic E-state index is 0.0183. The van der Waals surface area contributed by atoms with Gasteiger partial charge in [-0.25, -0.2) is 0 Å². The SMILES string of the molecule is CCCCCCCC/C=C\CCCCCCCCCCCC(=O)OCCCCCCCCCCCCCCCCCCCCCCCCCCCCCC(=O)NC(CO)C(O)/C=C/CCCCCCCCCCCCCCCCCCC. The van der Waals surface area contributed by atoms with Crippen molar-refractivity contribution in [2.45, 2.75) is 437 Å². The number of esters is 1. The molecule has 2 atom stereocenters. The van der Waals surface area contributed by atoms with E-state index in [0.717, 1.165) is 38.5 Å². The molecule has 3 N–H and O–H groups in total. The van der Waals surface area contributed by atoms with E-state index in [2.05, 4.69) is 31.3 Å². The second-order valence-electron chi connectivity index (χ2n) is 26.0. The smallest absolute Gasteiger partial charge is 0.305 e. The van der Waals surface area contributed by atoms with Crippen molar-refractivity contribution in [2.24, 2.45) is 0 Å². The number of unbranched alkanes of at least 4 members (excludes halogenated alkanes) is 58. The van der Waals surface area contributed by atoms with E-state index < -0.39 is 12.1 Å². The average molecular weight is 1160 g/mol. The van der Waals surface area contributed by atoms with E-state index >= 15 is 0 Å². The lowest BCUT2D eigenvalue weighted by Gasteiger charge is -2.20. The Labute approximate surface area is 513 Å². The standard InChI is InChI=1S/C76H147NO5/c1-3-5-7-9-11-13-15-17-19-21-32-36-40-44-48-52-56-60-64-68-74(79)73(72-78)77-75(80)69-65-61-57-53-49-45-41-37-34-30-28-26-24-23-25-27-29-31-35-39-43-47-51-55-59-63-67-71-82-76(81)70-66-62-58-54-50-46-42-38-33-22-20-18-16-14-12-10-8-6-4-2/h18,20,64,68,73-74,78-79H,3-17,19,21-63,65-67,69-72H2,1-2H3,(H,77,80)/b20-18-,68-64+. The van der Waals surface area contributed by atoms with Crippen LogP contribution in [0.15, 0.2) is 24.3 Å². The van der Waals surface area contributed by atoms with E-state index in [1.807, 2.05) is 6.08 Å². The predicted octanol–water partition coefficient (Wildman–Crippen LogP) is 24.5. The summed E-state index contributed by atoms with van der Waals surface area (Å²) in [6.07, 6.45) is 91.3. The molecule has 2 unspecified atom stereocenters. The van der Waals surface area contributed by atoms with Crippen LogP contribution in [0.5, 0.6) is 0 Å². The highest BCUT2D eigenvalue weighted by atomic mass is 16.5. The first-order valence-corrected chi connectivity index (χ1v) is 37.6. The number of nitrogens with one attached hydrogen (secondary N) is 1. The predicted molar refractivity (Wildman–Crippen MR) is 361 cm³/mol. The molecule has 486 valence electrons. The zero-order valence-corrected chi connectivity index (χ0v) is 55.8. The van der Waals surface area contributed by atoms with Crippen LogP contribution in [0.25, 0.3) is 0 Å². The first kappa shape index (κ1) is 80.3. The van der Waals surface area contributed by atoms with Crippen molar-refractivity contribution in [3.05, 3.63) is 24.3 Å². The fourth-order valence-corrected chi connectivity index (χ4v) is 12.0. The Bertz CT molecular complexity index is 1280. The molecule has 6 heteroatoms. The molecular weight excluding hydrogens is 1010 g/mol. The van der Waals surface area contributed by atoms with Crippen molar-refractivity contribution in [1.29, 1.82) is 0 Å². The molecule has 0 aliphatic carbocycles. The van der Waals surface area contributed by atoms with Gasteiger partial charge in [-0.05, 0) is 57.8 Å². The molecule has 0 radical (unpaired) electrons.